The maximum atomic E-state index is 12.3. The van der Waals surface area contributed by atoms with E-state index in [0.717, 1.165) is 19.3 Å². The Morgan fingerprint density at radius 1 is 1.39 bits per heavy atom. The van der Waals surface area contributed by atoms with Crippen LogP contribution in [0.2, 0.25) is 0 Å². The summed E-state index contributed by atoms with van der Waals surface area (Å²) in [4.78, 5) is 24.2. The van der Waals surface area contributed by atoms with Crippen LogP contribution < -0.4 is 4.74 Å². The third-order valence-corrected chi connectivity index (χ3v) is 4.32. The van der Waals surface area contributed by atoms with Crippen molar-refractivity contribution in [2.24, 2.45) is 0 Å². The van der Waals surface area contributed by atoms with Crippen LogP contribution in [0.25, 0.3) is 0 Å². The number of benzene rings is 1. The van der Waals surface area contributed by atoms with Gasteiger partial charge in [0.15, 0.2) is 12.4 Å². The van der Waals surface area contributed by atoms with Gasteiger partial charge in [-0.05, 0) is 18.9 Å². The summed E-state index contributed by atoms with van der Waals surface area (Å²) in [6, 6.07) is 8.18. The highest BCUT2D eigenvalue weighted by Gasteiger charge is 2.38. The first-order chi connectivity index (χ1) is 11.0. The molecule has 0 saturated heterocycles. The van der Waals surface area contributed by atoms with E-state index in [1.54, 1.807) is 13.1 Å². The van der Waals surface area contributed by atoms with Crippen molar-refractivity contribution in [3.05, 3.63) is 34.4 Å². The molecule has 1 saturated carbocycles. The topological polar surface area (TPSA) is 96.5 Å². The Morgan fingerprint density at radius 3 is 2.65 bits per heavy atom. The van der Waals surface area contributed by atoms with Crippen molar-refractivity contribution in [3.8, 4) is 11.8 Å². The van der Waals surface area contributed by atoms with Gasteiger partial charge in [0, 0.05) is 13.1 Å². The zero-order valence-corrected chi connectivity index (χ0v) is 13.0. The second-order valence-corrected chi connectivity index (χ2v) is 5.67. The molecule has 0 aromatic heterocycles. The lowest BCUT2D eigenvalue weighted by molar-refractivity contribution is -0.385. The van der Waals surface area contributed by atoms with Gasteiger partial charge in [-0.2, -0.15) is 5.26 Å². The molecule has 1 amide bonds. The normalized spacial score (nSPS) is 16.2. The second kappa shape index (κ2) is 7.09. The predicted molar refractivity (Wildman–Crippen MR) is 82.8 cm³/mol. The number of hydrogen-bond donors (Lipinski definition) is 0. The van der Waals surface area contributed by atoms with E-state index < -0.39 is 10.5 Å². The standard InChI is InChI=1S/C16H19N3O4/c1-18(16(12-17)9-5-2-6-10-16)15(20)11-23-14-8-4-3-7-13(14)19(21)22/h3-4,7-8H,2,5-6,9-11H2,1H3. The fourth-order valence-electron chi connectivity index (χ4n) is 2.86. The van der Waals surface area contributed by atoms with E-state index in [4.69, 9.17) is 4.74 Å². The molecule has 23 heavy (non-hydrogen) atoms. The summed E-state index contributed by atoms with van der Waals surface area (Å²) < 4.78 is 5.32. The molecular formula is C16H19N3O4. The van der Waals surface area contributed by atoms with Crippen LogP contribution in [0, 0.1) is 21.4 Å². The summed E-state index contributed by atoms with van der Waals surface area (Å²) in [6.45, 7) is -0.329. The van der Waals surface area contributed by atoms with Crippen LogP contribution in [-0.2, 0) is 4.79 Å². The lowest BCUT2D eigenvalue weighted by atomic mass is 9.81. The molecule has 1 aliphatic carbocycles. The Labute approximate surface area is 134 Å². The van der Waals surface area contributed by atoms with Crippen LogP contribution in [0.1, 0.15) is 32.1 Å². The van der Waals surface area contributed by atoms with Gasteiger partial charge in [0.2, 0.25) is 0 Å². The SMILES string of the molecule is CN(C(=O)COc1ccccc1[N+](=O)[O-])C1(C#N)CCCCC1. The first kappa shape index (κ1) is 16.7. The minimum Gasteiger partial charge on any atom is -0.477 e. The van der Waals surface area contributed by atoms with Crippen LogP contribution in [0.4, 0.5) is 5.69 Å². The smallest absolute Gasteiger partial charge is 0.310 e. The average Bonchev–Trinajstić information content (AvgIpc) is 2.59. The van der Waals surface area contributed by atoms with Crippen molar-refractivity contribution in [3.63, 3.8) is 0 Å². The molecule has 0 heterocycles. The Hall–Kier alpha value is -2.62. The van der Waals surface area contributed by atoms with Crippen LogP contribution in [0.15, 0.2) is 24.3 Å². The van der Waals surface area contributed by atoms with Gasteiger partial charge in [0.1, 0.15) is 5.54 Å². The number of nitriles is 1. The van der Waals surface area contributed by atoms with Gasteiger partial charge in [0.25, 0.3) is 5.91 Å². The van der Waals surface area contributed by atoms with Crippen molar-refractivity contribution in [1.82, 2.24) is 4.90 Å². The van der Waals surface area contributed by atoms with Gasteiger partial charge in [-0.3, -0.25) is 14.9 Å². The van der Waals surface area contributed by atoms with Crippen LogP contribution in [0.5, 0.6) is 5.75 Å². The van der Waals surface area contributed by atoms with Crippen molar-refractivity contribution >= 4 is 11.6 Å². The summed E-state index contributed by atoms with van der Waals surface area (Å²) in [5.41, 5.74) is -0.975. The zero-order chi connectivity index (χ0) is 16.9. The lowest BCUT2D eigenvalue weighted by Crippen LogP contribution is -2.51. The third-order valence-electron chi connectivity index (χ3n) is 4.32. The van der Waals surface area contributed by atoms with Gasteiger partial charge in [0.05, 0.1) is 11.0 Å². The summed E-state index contributed by atoms with van der Waals surface area (Å²) in [5.74, 6) is -0.305. The van der Waals surface area contributed by atoms with E-state index in [1.807, 2.05) is 0 Å². The number of rotatable bonds is 5. The van der Waals surface area contributed by atoms with Crippen LogP contribution >= 0.6 is 0 Å². The zero-order valence-electron chi connectivity index (χ0n) is 13.0. The summed E-state index contributed by atoms with van der Waals surface area (Å²) in [7, 11) is 1.60. The Bertz CT molecular complexity index is 632. The van der Waals surface area contributed by atoms with Crippen molar-refractivity contribution in [2.75, 3.05) is 13.7 Å². The Morgan fingerprint density at radius 2 is 2.04 bits per heavy atom. The first-order valence-corrected chi connectivity index (χ1v) is 7.54. The predicted octanol–water partition coefficient (Wildman–Crippen LogP) is 2.66. The molecule has 7 heteroatoms. The van der Waals surface area contributed by atoms with Gasteiger partial charge >= 0.3 is 5.69 Å². The van der Waals surface area contributed by atoms with Crippen molar-refractivity contribution in [1.29, 1.82) is 5.26 Å². The third kappa shape index (κ3) is 3.59. The largest absolute Gasteiger partial charge is 0.477 e. The van der Waals surface area contributed by atoms with E-state index in [-0.39, 0.29) is 24.0 Å². The number of carbonyl (C=O) groups is 1. The molecule has 2 rings (SSSR count). The quantitative estimate of drug-likeness (QED) is 0.614. The highest BCUT2D eigenvalue weighted by Crippen LogP contribution is 2.32. The molecule has 1 fully saturated rings. The number of likely N-dealkylation sites (N-methyl/N-ethyl adjacent to an activating group) is 1. The number of para-hydroxylation sites is 2. The number of nitro benzene ring substituents is 1. The van der Waals surface area contributed by atoms with E-state index in [9.17, 15) is 20.2 Å². The molecular weight excluding hydrogens is 298 g/mol. The number of ether oxygens (including phenoxy) is 1. The monoisotopic (exact) mass is 317 g/mol. The summed E-state index contributed by atoms with van der Waals surface area (Å²) in [6.07, 6.45) is 4.19. The summed E-state index contributed by atoms with van der Waals surface area (Å²) in [5, 5.41) is 20.4. The molecule has 0 bridgehead atoms. The number of amides is 1. The molecule has 0 spiro atoms. The molecule has 7 nitrogen and oxygen atoms in total. The van der Waals surface area contributed by atoms with Gasteiger partial charge in [-0.15, -0.1) is 0 Å². The minimum atomic E-state index is -0.790. The van der Waals surface area contributed by atoms with Crippen LogP contribution in [-0.4, -0.2) is 34.9 Å². The molecule has 0 radical (unpaired) electrons. The van der Waals surface area contributed by atoms with Gasteiger partial charge in [-0.1, -0.05) is 31.4 Å². The van der Waals surface area contributed by atoms with Crippen molar-refractivity contribution in [2.45, 2.75) is 37.6 Å². The highest BCUT2D eigenvalue weighted by molar-refractivity contribution is 5.79. The maximum Gasteiger partial charge on any atom is 0.310 e. The van der Waals surface area contributed by atoms with E-state index >= 15 is 0 Å². The van der Waals surface area contributed by atoms with Crippen molar-refractivity contribution < 1.29 is 14.5 Å². The van der Waals surface area contributed by atoms with E-state index in [2.05, 4.69) is 6.07 Å². The van der Waals surface area contributed by atoms with Gasteiger partial charge < -0.3 is 9.64 Å². The van der Waals surface area contributed by atoms with E-state index in [1.165, 1.54) is 23.1 Å². The number of nitrogens with zero attached hydrogens (tertiary/aromatic N) is 3. The second-order valence-electron chi connectivity index (χ2n) is 5.67. The lowest BCUT2D eigenvalue weighted by Gasteiger charge is -2.38. The molecule has 122 valence electrons. The molecule has 1 aromatic carbocycles. The average molecular weight is 317 g/mol. The summed E-state index contributed by atoms with van der Waals surface area (Å²) >= 11 is 0. The highest BCUT2D eigenvalue weighted by atomic mass is 16.6. The van der Waals surface area contributed by atoms with Crippen LogP contribution in [0.3, 0.4) is 0 Å². The fourth-order valence-corrected chi connectivity index (χ4v) is 2.86. The molecule has 0 N–H and O–H groups in total. The molecule has 1 aliphatic rings. The first-order valence-electron chi connectivity index (χ1n) is 7.54. The number of nitro groups is 1. The number of carbonyl (C=O) groups excluding carboxylic acids is 1. The van der Waals surface area contributed by atoms with E-state index in [0.29, 0.717) is 12.8 Å². The molecule has 1 aromatic rings. The number of hydrogen-bond acceptors (Lipinski definition) is 5. The minimum absolute atomic E-state index is 0.0499. The Kier molecular flexibility index (Phi) is 5.16. The Balaban J connectivity index is 2.05. The van der Waals surface area contributed by atoms with Gasteiger partial charge in [-0.25, -0.2) is 0 Å². The molecule has 0 aliphatic heterocycles. The molecule has 0 atom stereocenters. The fraction of sp³-hybridized carbons (Fsp3) is 0.500. The maximum absolute atomic E-state index is 12.3. The molecule has 0 unspecified atom stereocenters.